The molecule has 0 saturated heterocycles. The van der Waals surface area contributed by atoms with Crippen molar-refractivity contribution in [1.29, 1.82) is 0 Å². The first-order valence-electron chi connectivity index (χ1n) is 32.0. The lowest BCUT2D eigenvalue weighted by molar-refractivity contribution is 0.660. The Labute approximate surface area is 532 Å². The minimum absolute atomic E-state index is 0.278. The van der Waals surface area contributed by atoms with Gasteiger partial charge in [0.25, 0.3) is 0 Å². The summed E-state index contributed by atoms with van der Waals surface area (Å²) in [5.74, 6) is 0. The van der Waals surface area contributed by atoms with E-state index in [2.05, 4.69) is 292 Å². The largest absolute Gasteiger partial charge is 0.456 e. The Balaban J connectivity index is 0.695. The van der Waals surface area contributed by atoms with Gasteiger partial charge in [0.1, 0.15) is 55.8 Å². The van der Waals surface area contributed by atoms with Gasteiger partial charge in [0.2, 0.25) is 0 Å². The van der Waals surface area contributed by atoms with Gasteiger partial charge in [-0.25, -0.2) is 0 Å². The third-order valence-corrected chi connectivity index (χ3v) is 20.9. The molecular formula is C86H54N2O5. The zero-order valence-electron chi connectivity index (χ0n) is 51.2. The number of furan rings is 5. The van der Waals surface area contributed by atoms with Gasteiger partial charge in [-0.2, -0.15) is 0 Å². The van der Waals surface area contributed by atoms with E-state index in [4.69, 9.17) is 22.1 Å². The maximum Gasteiger partial charge on any atom is 0.137 e. The van der Waals surface area contributed by atoms with Gasteiger partial charge in [-0.3, -0.25) is 0 Å². The number of hydrogen-bond donors (Lipinski definition) is 0. The molecule has 0 aliphatic heterocycles. The zero-order valence-corrected chi connectivity index (χ0v) is 51.2. The molecule has 0 amide bonds. The number of rotatable bonds is 6. The van der Waals surface area contributed by atoms with E-state index >= 15 is 0 Å². The molecule has 14 aromatic carbocycles. The minimum Gasteiger partial charge on any atom is -0.456 e. The lowest BCUT2D eigenvalue weighted by Crippen LogP contribution is -2.20. The van der Waals surface area contributed by atoms with Gasteiger partial charge >= 0.3 is 0 Å². The van der Waals surface area contributed by atoms with E-state index < -0.39 is 0 Å². The molecule has 5 aromatic heterocycles. The summed E-state index contributed by atoms with van der Waals surface area (Å²) in [7, 11) is 0. The van der Waals surface area contributed by atoms with E-state index in [0.29, 0.717) is 0 Å². The first-order chi connectivity index (χ1) is 45.6. The maximum absolute atomic E-state index is 7.01. The van der Waals surface area contributed by atoms with E-state index in [0.717, 1.165) is 144 Å². The van der Waals surface area contributed by atoms with Crippen LogP contribution >= 0.6 is 0 Å². The molecule has 0 fully saturated rings. The topological polar surface area (TPSA) is 72.2 Å². The van der Waals surface area contributed by atoms with Crippen LogP contribution in [0.4, 0.5) is 34.1 Å². The molecule has 0 bridgehead atoms. The van der Waals surface area contributed by atoms with Gasteiger partial charge in [0.15, 0.2) is 0 Å². The van der Waals surface area contributed by atoms with Crippen molar-refractivity contribution in [2.45, 2.75) is 38.5 Å². The highest BCUT2D eigenvalue weighted by Gasteiger charge is 2.41. The molecule has 0 spiro atoms. The smallest absolute Gasteiger partial charge is 0.137 e. The molecule has 0 radical (unpaired) electrons. The standard InChI is InChI=1S/C86H54N2O5/c1-85(2)67-23-11-9-19-55(67)59-21-13-25-69(83(59)85)87(51-31-35-61-75(41-51)89-71-37-27-47-15-5-7-17-53(47)81(61)71)49-29-33-57-63-43-79-65(45-77(63)91-73(57)39-49)66-46-78-64(44-80(66)93-79)58-34-30-50(40-74(58)92-78)88(70-26-14-22-60-56-20-10-12-24-68(56)86(3,4)84(60)70)52-32-36-62-76(42-52)90-72-38-28-48-16-6-8-18-54(48)82(62)72/h5-46H,1-4H3. The molecule has 2 aliphatic rings. The van der Waals surface area contributed by atoms with E-state index in [1.54, 1.807) is 0 Å². The second-order valence-electron chi connectivity index (χ2n) is 26.7. The quantitative estimate of drug-likeness (QED) is 0.164. The van der Waals surface area contributed by atoms with Crippen LogP contribution in [-0.4, -0.2) is 0 Å². The first kappa shape index (κ1) is 51.0. The van der Waals surface area contributed by atoms with Crippen LogP contribution < -0.4 is 9.80 Å². The van der Waals surface area contributed by atoms with Gasteiger partial charge in [-0.05, 0) is 163 Å². The summed E-state index contributed by atoms with van der Waals surface area (Å²) in [5, 5.41) is 15.1. The Morgan fingerprint density at radius 2 is 0.559 bits per heavy atom. The fraction of sp³-hybridized carbons (Fsp3) is 0.0698. The highest BCUT2D eigenvalue weighted by atomic mass is 16.3. The number of benzene rings is 14. The molecular weight excluding hydrogens is 1140 g/mol. The van der Waals surface area contributed by atoms with Crippen LogP contribution in [0.1, 0.15) is 49.9 Å². The SMILES string of the molecule is CC1(C)c2ccccc2-c2cccc(N(c3ccc4c(c3)oc3cc5c(cc34)oc3cc4c(cc35)oc3cc(N(c5ccc6c(c5)oc5ccc7ccccc7c56)c5cccc6c5C(C)(C)c5ccccc5-6)ccc34)c3ccc4c(c3)oc3ccc5ccccc5c34)c21. The third-order valence-electron chi connectivity index (χ3n) is 20.9. The van der Waals surface area contributed by atoms with Crippen molar-refractivity contribution in [1.82, 2.24) is 0 Å². The van der Waals surface area contributed by atoms with Crippen LogP contribution in [0, 0.1) is 0 Å². The van der Waals surface area contributed by atoms with Crippen molar-refractivity contribution in [2.24, 2.45) is 0 Å². The van der Waals surface area contributed by atoms with E-state index in [-0.39, 0.29) is 10.8 Å². The molecule has 0 unspecified atom stereocenters. The van der Waals surface area contributed by atoms with Crippen molar-refractivity contribution in [2.75, 3.05) is 9.80 Å². The molecule has 438 valence electrons. The molecule has 7 nitrogen and oxygen atoms in total. The second kappa shape index (κ2) is 18.0. The molecule has 21 rings (SSSR count). The highest BCUT2D eigenvalue weighted by Crippen LogP contribution is 2.57. The van der Waals surface area contributed by atoms with Gasteiger partial charge in [-0.15, -0.1) is 0 Å². The monoisotopic (exact) mass is 1190 g/mol. The molecule has 0 atom stereocenters. The molecule has 7 heteroatoms. The lowest BCUT2D eigenvalue weighted by atomic mass is 9.81. The number of nitrogens with zero attached hydrogens (tertiary/aromatic N) is 2. The average molecular weight is 1200 g/mol. The van der Waals surface area contributed by atoms with Crippen LogP contribution in [0.3, 0.4) is 0 Å². The van der Waals surface area contributed by atoms with E-state index in [9.17, 15) is 0 Å². The first-order valence-corrected chi connectivity index (χ1v) is 32.0. The number of hydrogen-bond acceptors (Lipinski definition) is 7. The van der Waals surface area contributed by atoms with Crippen LogP contribution in [0.15, 0.2) is 277 Å². The van der Waals surface area contributed by atoms with Crippen LogP contribution in [0.25, 0.3) is 153 Å². The Kier molecular flexibility index (Phi) is 9.87. The van der Waals surface area contributed by atoms with Crippen LogP contribution in [0.2, 0.25) is 0 Å². The second-order valence-corrected chi connectivity index (χ2v) is 26.7. The van der Waals surface area contributed by atoms with Crippen LogP contribution in [-0.2, 0) is 10.8 Å². The summed E-state index contributed by atoms with van der Waals surface area (Å²) in [4.78, 5) is 4.77. The number of fused-ring (bicyclic) bond motifs is 25. The fourth-order valence-electron chi connectivity index (χ4n) is 16.8. The summed E-state index contributed by atoms with van der Waals surface area (Å²) >= 11 is 0. The van der Waals surface area contributed by atoms with Crippen molar-refractivity contribution in [3.05, 3.63) is 277 Å². The summed E-state index contributed by atoms with van der Waals surface area (Å²) in [5.41, 5.74) is 23.9. The molecule has 19 aromatic rings. The van der Waals surface area contributed by atoms with Gasteiger partial charge in [0, 0.05) is 112 Å². The van der Waals surface area contributed by atoms with Gasteiger partial charge in [0.05, 0.1) is 11.4 Å². The summed E-state index contributed by atoms with van der Waals surface area (Å²) in [6.07, 6.45) is 0. The normalized spacial score (nSPS) is 14.0. The Morgan fingerprint density at radius 3 is 0.978 bits per heavy atom. The molecule has 0 N–H and O–H groups in total. The van der Waals surface area contributed by atoms with E-state index in [1.165, 1.54) is 66.1 Å². The number of anilines is 6. The highest BCUT2D eigenvalue weighted by molar-refractivity contribution is 6.22. The van der Waals surface area contributed by atoms with Crippen molar-refractivity contribution in [3.8, 4) is 22.3 Å². The van der Waals surface area contributed by atoms with Crippen LogP contribution in [0.5, 0.6) is 0 Å². The average Bonchev–Trinajstić information content (AvgIpc) is 1.60. The Morgan fingerprint density at radius 1 is 0.237 bits per heavy atom. The molecule has 93 heavy (non-hydrogen) atoms. The van der Waals surface area contributed by atoms with E-state index in [1.807, 2.05) is 0 Å². The third kappa shape index (κ3) is 6.92. The maximum atomic E-state index is 7.01. The van der Waals surface area contributed by atoms with Crippen molar-refractivity contribution in [3.63, 3.8) is 0 Å². The summed E-state index contributed by atoms with van der Waals surface area (Å²) in [6, 6.07) is 91.8. The van der Waals surface area contributed by atoms with Crippen molar-refractivity contribution < 1.29 is 22.1 Å². The summed E-state index contributed by atoms with van der Waals surface area (Å²) in [6.45, 7) is 9.39. The lowest BCUT2D eigenvalue weighted by Gasteiger charge is -2.32. The van der Waals surface area contributed by atoms with Gasteiger partial charge in [-0.1, -0.05) is 161 Å². The molecule has 5 heterocycles. The summed E-state index contributed by atoms with van der Waals surface area (Å²) < 4.78 is 34.4. The zero-order chi connectivity index (χ0) is 61.3. The minimum atomic E-state index is -0.278. The Hall–Kier alpha value is -11.8. The molecule has 0 saturated carbocycles. The van der Waals surface area contributed by atoms with Gasteiger partial charge < -0.3 is 31.9 Å². The molecule has 2 aliphatic carbocycles. The fourth-order valence-corrected chi connectivity index (χ4v) is 16.8. The Bertz CT molecular complexity index is 6140. The predicted molar refractivity (Wildman–Crippen MR) is 382 cm³/mol. The van der Waals surface area contributed by atoms with Crippen molar-refractivity contribution >= 4 is 165 Å². The predicted octanol–water partition coefficient (Wildman–Crippen LogP) is 25.0.